The fourth-order valence-corrected chi connectivity index (χ4v) is 5.06. The van der Waals surface area contributed by atoms with Gasteiger partial charge in [-0.05, 0) is 67.9 Å². The zero-order valence-corrected chi connectivity index (χ0v) is 22.6. The minimum absolute atomic E-state index is 0.00927. The van der Waals surface area contributed by atoms with Crippen molar-refractivity contribution in [3.63, 3.8) is 0 Å². The molecule has 214 valence electrons. The molecule has 0 saturated carbocycles. The lowest BCUT2D eigenvalue weighted by atomic mass is 9.82. The molecule has 3 aromatic carbocycles. The summed E-state index contributed by atoms with van der Waals surface area (Å²) >= 11 is 0. The van der Waals surface area contributed by atoms with Crippen molar-refractivity contribution in [2.45, 2.75) is 64.7 Å². The van der Waals surface area contributed by atoms with Crippen LogP contribution in [0.15, 0.2) is 42.5 Å². The molecule has 8 heteroatoms. The summed E-state index contributed by atoms with van der Waals surface area (Å²) in [7, 11) is 0. The molecule has 1 unspecified atom stereocenters. The quantitative estimate of drug-likeness (QED) is 0.171. The highest BCUT2D eigenvalue weighted by Gasteiger charge is 2.26. The van der Waals surface area contributed by atoms with E-state index in [1.54, 1.807) is 13.0 Å². The second kappa shape index (κ2) is 13.3. The predicted molar refractivity (Wildman–Crippen MR) is 143 cm³/mol. The standard InChI is InChI=1S/C32H32F6O2/c1-3-5-6-7-18-40-26-16-14-22(28(34)32(26)38)20-10-8-19(9-11-20)21-12-13-23(29(35)27(21)33)24-15-17-25(39-4-2)31(37)30(24)36/h8,12-17,20H,3-7,9-11,18H2,1-2H3. The molecule has 0 heterocycles. The van der Waals surface area contributed by atoms with Gasteiger partial charge in [-0.25, -0.2) is 17.6 Å². The number of rotatable bonds is 11. The highest BCUT2D eigenvalue weighted by atomic mass is 19.2. The molecule has 0 aromatic heterocycles. The second-order valence-corrected chi connectivity index (χ2v) is 9.85. The van der Waals surface area contributed by atoms with Crippen molar-refractivity contribution in [1.82, 2.24) is 0 Å². The van der Waals surface area contributed by atoms with Crippen molar-refractivity contribution >= 4 is 5.57 Å². The minimum atomic E-state index is -1.33. The van der Waals surface area contributed by atoms with Gasteiger partial charge in [0.25, 0.3) is 0 Å². The Hall–Kier alpha value is -3.42. The maximum atomic E-state index is 15.1. The van der Waals surface area contributed by atoms with E-state index in [1.165, 1.54) is 30.3 Å². The Morgan fingerprint density at radius 1 is 0.650 bits per heavy atom. The highest BCUT2D eigenvalue weighted by molar-refractivity contribution is 5.73. The Morgan fingerprint density at radius 3 is 1.93 bits per heavy atom. The third kappa shape index (κ3) is 6.16. The van der Waals surface area contributed by atoms with Gasteiger partial charge in [0.05, 0.1) is 13.2 Å². The summed E-state index contributed by atoms with van der Waals surface area (Å²) in [5.41, 5.74) is -0.135. The fraction of sp³-hybridized carbons (Fsp3) is 0.375. The Balaban J connectivity index is 1.50. The van der Waals surface area contributed by atoms with E-state index < -0.39 is 46.0 Å². The first-order valence-corrected chi connectivity index (χ1v) is 13.7. The normalized spacial score (nSPS) is 15.2. The van der Waals surface area contributed by atoms with E-state index in [2.05, 4.69) is 6.92 Å². The molecule has 3 aromatic rings. The van der Waals surface area contributed by atoms with Gasteiger partial charge in [0.1, 0.15) is 0 Å². The van der Waals surface area contributed by atoms with Crippen LogP contribution in [0.2, 0.25) is 0 Å². The second-order valence-electron chi connectivity index (χ2n) is 9.85. The van der Waals surface area contributed by atoms with Crippen LogP contribution in [0.3, 0.4) is 0 Å². The molecule has 4 rings (SSSR count). The lowest BCUT2D eigenvalue weighted by molar-refractivity contribution is 0.284. The Bertz CT molecular complexity index is 1380. The summed E-state index contributed by atoms with van der Waals surface area (Å²) in [5, 5.41) is 0. The molecule has 2 nitrogen and oxygen atoms in total. The number of ether oxygens (including phenoxy) is 2. The van der Waals surface area contributed by atoms with Gasteiger partial charge in [-0.3, -0.25) is 0 Å². The molecule has 0 N–H and O–H groups in total. The summed E-state index contributed by atoms with van der Waals surface area (Å²) in [6.45, 7) is 4.12. The van der Waals surface area contributed by atoms with Crippen LogP contribution in [-0.2, 0) is 0 Å². The number of benzene rings is 3. The zero-order valence-electron chi connectivity index (χ0n) is 22.6. The van der Waals surface area contributed by atoms with E-state index in [1.807, 2.05) is 0 Å². The zero-order chi connectivity index (χ0) is 28.8. The van der Waals surface area contributed by atoms with Gasteiger partial charge in [-0.15, -0.1) is 0 Å². The van der Waals surface area contributed by atoms with Crippen LogP contribution in [-0.4, -0.2) is 13.2 Å². The average Bonchev–Trinajstić information content (AvgIpc) is 2.96. The van der Waals surface area contributed by atoms with Crippen molar-refractivity contribution in [1.29, 1.82) is 0 Å². The fourth-order valence-electron chi connectivity index (χ4n) is 5.06. The molecule has 0 aliphatic heterocycles. The minimum Gasteiger partial charge on any atom is -0.491 e. The van der Waals surface area contributed by atoms with Gasteiger partial charge >= 0.3 is 0 Å². The van der Waals surface area contributed by atoms with Gasteiger partial charge in [-0.1, -0.05) is 50.5 Å². The summed E-state index contributed by atoms with van der Waals surface area (Å²) < 4.78 is 99.1. The number of unbranched alkanes of at least 4 members (excludes halogenated alkanes) is 3. The van der Waals surface area contributed by atoms with Crippen molar-refractivity contribution in [2.24, 2.45) is 0 Å². The summed E-state index contributed by atoms with van der Waals surface area (Å²) in [5.74, 6) is -7.86. The molecule has 1 aliphatic rings. The molecule has 0 spiro atoms. The van der Waals surface area contributed by atoms with E-state index in [-0.39, 0.29) is 35.2 Å². The molecule has 1 aliphatic carbocycles. The van der Waals surface area contributed by atoms with Crippen molar-refractivity contribution in [3.05, 3.63) is 88.5 Å². The number of hydrogen-bond donors (Lipinski definition) is 0. The maximum Gasteiger partial charge on any atom is 0.201 e. The lowest BCUT2D eigenvalue weighted by Crippen LogP contribution is -2.10. The van der Waals surface area contributed by atoms with Gasteiger partial charge in [0, 0.05) is 16.7 Å². The van der Waals surface area contributed by atoms with Gasteiger partial charge in [0.15, 0.2) is 34.8 Å². The molecule has 40 heavy (non-hydrogen) atoms. The average molecular weight is 563 g/mol. The largest absolute Gasteiger partial charge is 0.491 e. The van der Waals surface area contributed by atoms with Crippen LogP contribution in [0, 0.1) is 34.9 Å². The molecule has 1 atom stereocenters. The summed E-state index contributed by atoms with van der Waals surface area (Å²) in [4.78, 5) is 0. The Labute approximate surface area is 230 Å². The molecule has 0 fully saturated rings. The number of hydrogen-bond acceptors (Lipinski definition) is 2. The van der Waals surface area contributed by atoms with Crippen molar-refractivity contribution < 1.29 is 35.8 Å². The van der Waals surface area contributed by atoms with Gasteiger partial charge < -0.3 is 9.47 Å². The first-order valence-electron chi connectivity index (χ1n) is 13.7. The Morgan fingerprint density at radius 2 is 1.25 bits per heavy atom. The van der Waals surface area contributed by atoms with E-state index in [0.717, 1.165) is 31.7 Å². The van der Waals surface area contributed by atoms with Gasteiger partial charge in [0.2, 0.25) is 11.6 Å². The van der Waals surface area contributed by atoms with Crippen LogP contribution >= 0.6 is 0 Å². The highest BCUT2D eigenvalue weighted by Crippen LogP contribution is 2.41. The van der Waals surface area contributed by atoms with Gasteiger partial charge in [-0.2, -0.15) is 8.78 Å². The number of halogens is 6. The third-order valence-corrected chi connectivity index (χ3v) is 7.25. The van der Waals surface area contributed by atoms with Crippen LogP contribution in [0.5, 0.6) is 11.5 Å². The predicted octanol–water partition coefficient (Wildman–Crippen LogP) is 9.90. The van der Waals surface area contributed by atoms with Crippen LogP contribution in [0.25, 0.3) is 16.7 Å². The smallest absolute Gasteiger partial charge is 0.201 e. The molecular formula is C32H32F6O2. The molecule has 0 amide bonds. The molecule has 0 radical (unpaired) electrons. The van der Waals surface area contributed by atoms with Crippen LogP contribution < -0.4 is 9.47 Å². The number of allylic oxidation sites excluding steroid dienone is 2. The molecule has 0 saturated heterocycles. The lowest BCUT2D eigenvalue weighted by Gasteiger charge is -2.24. The third-order valence-electron chi connectivity index (χ3n) is 7.25. The topological polar surface area (TPSA) is 18.5 Å². The first-order chi connectivity index (χ1) is 19.3. The summed E-state index contributed by atoms with van der Waals surface area (Å²) in [6.07, 6.45) is 6.49. The van der Waals surface area contributed by atoms with Crippen molar-refractivity contribution in [3.8, 4) is 22.6 Å². The van der Waals surface area contributed by atoms with E-state index in [9.17, 15) is 17.6 Å². The van der Waals surface area contributed by atoms with E-state index >= 15 is 8.78 Å². The monoisotopic (exact) mass is 562 g/mol. The SMILES string of the molecule is CCCCCCOc1ccc(C2CC=C(c3ccc(-c4ccc(OCC)c(F)c4F)c(F)c3F)CC2)c(F)c1F. The van der Waals surface area contributed by atoms with Crippen LogP contribution in [0.1, 0.15) is 75.8 Å². The first kappa shape index (κ1) is 29.6. The maximum absolute atomic E-state index is 15.1. The van der Waals surface area contributed by atoms with E-state index in [4.69, 9.17) is 9.47 Å². The Kier molecular flexibility index (Phi) is 9.82. The van der Waals surface area contributed by atoms with E-state index in [0.29, 0.717) is 31.4 Å². The molecular weight excluding hydrogens is 530 g/mol. The van der Waals surface area contributed by atoms with Crippen LogP contribution in [0.4, 0.5) is 26.3 Å². The molecule has 0 bridgehead atoms. The van der Waals surface area contributed by atoms with Crippen molar-refractivity contribution in [2.75, 3.05) is 13.2 Å². The summed E-state index contributed by atoms with van der Waals surface area (Å²) in [6, 6.07) is 7.78.